The molecule has 6 nitrogen and oxygen atoms in total. The number of ether oxygens (including phenoxy) is 1. The number of nitrogens with one attached hydrogen (secondary N) is 1. The van der Waals surface area contributed by atoms with Gasteiger partial charge in [0, 0.05) is 50.5 Å². The van der Waals surface area contributed by atoms with Crippen LogP contribution in [0.5, 0.6) is 0 Å². The summed E-state index contributed by atoms with van der Waals surface area (Å²) < 4.78 is 7.61. The summed E-state index contributed by atoms with van der Waals surface area (Å²) >= 11 is 0. The fourth-order valence-electron chi connectivity index (χ4n) is 5.37. The smallest absolute Gasteiger partial charge is 0.249 e. The average molecular weight is 526 g/mol. The number of aromatic nitrogens is 1. The number of hydrogen-bond donors (Lipinski definition) is 1. The predicted octanol–water partition coefficient (Wildman–Crippen LogP) is 5.54. The van der Waals surface area contributed by atoms with Crippen LogP contribution in [0.3, 0.4) is 0 Å². The number of carbonyl (C=O) groups is 2. The summed E-state index contributed by atoms with van der Waals surface area (Å²) in [5.41, 5.74) is 7.39. The van der Waals surface area contributed by atoms with Gasteiger partial charge in [-0.2, -0.15) is 0 Å². The number of carbonyl (C=O) groups excluding carboxylic acids is 2. The van der Waals surface area contributed by atoms with E-state index in [2.05, 4.69) is 42.8 Å². The summed E-state index contributed by atoms with van der Waals surface area (Å²) in [7, 11) is 3.47. The van der Waals surface area contributed by atoms with Crippen molar-refractivity contribution in [2.45, 2.75) is 52.6 Å². The highest BCUT2D eigenvalue weighted by Gasteiger charge is 2.27. The van der Waals surface area contributed by atoms with E-state index in [0.29, 0.717) is 13.0 Å². The molecule has 0 fully saturated rings. The molecule has 39 heavy (non-hydrogen) atoms. The van der Waals surface area contributed by atoms with Crippen molar-refractivity contribution >= 4 is 28.4 Å². The maximum Gasteiger partial charge on any atom is 0.249 e. The molecular formula is C33H39N3O3. The van der Waals surface area contributed by atoms with E-state index in [0.717, 1.165) is 46.4 Å². The van der Waals surface area contributed by atoms with E-state index in [9.17, 15) is 9.59 Å². The van der Waals surface area contributed by atoms with E-state index in [1.54, 1.807) is 19.1 Å². The minimum absolute atomic E-state index is 0.149. The van der Waals surface area contributed by atoms with Crippen LogP contribution in [0.15, 0.2) is 72.8 Å². The molecular weight excluding hydrogens is 486 g/mol. The minimum atomic E-state index is -0.691. The van der Waals surface area contributed by atoms with Gasteiger partial charge >= 0.3 is 0 Å². The molecule has 0 spiro atoms. The predicted molar refractivity (Wildman–Crippen MR) is 158 cm³/mol. The Hall–Kier alpha value is -3.90. The molecule has 3 aromatic carbocycles. The first-order valence-electron chi connectivity index (χ1n) is 13.5. The summed E-state index contributed by atoms with van der Waals surface area (Å²) in [5.74, 6) is -0.310. The second kappa shape index (κ2) is 12.8. The highest BCUT2D eigenvalue weighted by Crippen LogP contribution is 2.32. The van der Waals surface area contributed by atoms with Crippen LogP contribution in [0, 0.1) is 20.8 Å². The first kappa shape index (κ1) is 28.1. The molecule has 204 valence electrons. The van der Waals surface area contributed by atoms with Crippen molar-refractivity contribution in [1.82, 2.24) is 9.88 Å². The summed E-state index contributed by atoms with van der Waals surface area (Å²) in [6.07, 6.45) is 1.51. The van der Waals surface area contributed by atoms with Crippen LogP contribution < -0.4 is 10.2 Å². The molecule has 1 N–H and O–H groups in total. The lowest BCUT2D eigenvalue weighted by Gasteiger charge is -2.25. The summed E-state index contributed by atoms with van der Waals surface area (Å²) in [6.45, 7) is 7.80. The van der Waals surface area contributed by atoms with Gasteiger partial charge in [-0.15, -0.1) is 0 Å². The number of aryl methyl sites for hydroxylation is 3. The van der Waals surface area contributed by atoms with Crippen molar-refractivity contribution in [1.29, 1.82) is 0 Å². The topological polar surface area (TPSA) is 63.6 Å². The molecule has 0 unspecified atom stereocenters. The Balaban J connectivity index is 1.63. The van der Waals surface area contributed by atoms with Crippen molar-refractivity contribution in [3.05, 3.63) is 101 Å². The van der Waals surface area contributed by atoms with Crippen molar-refractivity contribution in [3.8, 4) is 0 Å². The Labute approximate surface area is 231 Å². The minimum Gasteiger partial charge on any atom is -0.385 e. The first-order chi connectivity index (χ1) is 18.8. The third kappa shape index (κ3) is 6.40. The van der Waals surface area contributed by atoms with Crippen LogP contribution >= 0.6 is 0 Å². The van der Waals surface area contributed by atoms with Gasteiger partial charge in [-0.25, -0.2) is 0 Å². The van der Waals surface area contributed by atoms with Gasteiger partial charge in [0.1, 0.15) is 6.04 Å². The number of para-hydroxylation sites is 1. The fourth-order valence-corrected chi connectivity index (χ4v) is 5.37. The average Bonchev–Trinajstić information content (AvgIpc) is 3.22. The Morgan fingerprint density at radius 1 is 0.923 bits per heavy atom. The van der Waals surface area contributed by atoms with Gasteiger partial charge in [0.25, 0.3) is 0 Å². The lowest BCUT2D eigenvalue weighted by atomic mass is 10.00. The fraction of sp³-hybridized carbons (Fsp3) is 0.333. The van der Waals surface area contributed by atoms with Gasteiger partial charge in [0.15, 0.2) is 0 Å². The molecule has 0 aliphatic carbocycles. The van der Waals surface area contributed by atoms with E-state index in [-0.39, 0.29) is 18.2 Å². The molecule has 1 aromatic heterocycles. The number of likely N-dealkylation sites (N-methyl/N-ethyl adjacent to an activating group) is 1. The highest BCUT2D eigenvalue weighted by atomic mass is 16.5. The Bertz CT molecular complexity index is 1430. The standard InChI is InChI=1S/C33H39N3O3/c1-23-17-18-24(2)32-31(23)28(25(3)36(32)19-12-20-39-5)22-30(37)34-29(21-26-13-8-6-9-14-26)33(38)35(4)27-15-10-7-11-16-27/h6-11,13-18,29H,12,19-22H2,1-5H3,(H,34,37)/t29-/m0/s1. The third-order valence-electron chi connectivity index (χ3n) is 7.46. The zero-order chi connectivity index (χ0) is 27.9. The van der Waals surface area contributed by atoms with Gasteiger partial charge in [-0.1, -0.05) is 60.7 Å². The number of amides is 2. The number of methoxy groups -OCH3 is 1. The van der Waals surface area contributed by atoms with Crippen LogP contribution in [0.25, 0.3) is 10.9 Å². The van der Waals surface area contributed by atoms with Gasteiger partial charge in [0.05, 0.1) is 11.9 Å². The zero-order valence-corrected chi connectivity index (χ0v) is 23.7. The van der Waals surface area contributed by atoms with Gasteiger partial charge in [-0.3, -0.25) is 9.59 Å². The number of rotatable bonds is 11. The van der Waals surface area contributed by atoms with E-state index in [1.165, 1.54) is 11.1 Å². The second-order valence-corrected chi connectivity index (χ2v) is 10.2. The SMILES string of the molecule is COCCCn1c(C)c(CC(=O)N[C@@H](Cc2ccccc2)C(=O)N(C)c2ccccc2)c2c(C)ccc(C)c21. The van der Waals surface area contributed by atoms with Crippen LogP contribution in [-0.4, -0.2) is 43.2 Å². The molecule has 0 saturated carbocycles. The number of hydrogen-bond acceptors (Lipinski definition) is 3. The number of anilines is 1. The molecule has 0 aliphatic rings. The van der Waals surface area contributed by atoms with Gasteiger partial charge in [-0.05, 0) is 61.6 Å². The number of nitrogens with zero attached hydrogens (tertiary/aromatic N) is 2. The quantitative estimate of drug-likeness (QED) is 0.262. The van der Waals surface area contributed by atoms with Crippen molar-refractivity contribution < 1.29 is 14.3 Å². The van der Waals surface area contributed by atoms with Crippen molar-refractivity contribution in [2.24, 2.45) is 0 Å². The van der Waals surface area contributed by atoms with E-state index in [4.69, 9.17) is 4.74 Å². The van der Waals surface area contributed by atoms with E-state index < -0.39 is 6.04 Å². The Morgan fingerprint density at radius 2 is 1.56 bits per heavy atom. The highest BCUT2D eigenvalue weighted by molar-refractivity contribution is 6.00. The largest absolute Gasteiger partial charge is 0.385 e. The van der Waals surface area contributed by atoms with Crippen LogP contribution in [0.1, 0.15) is 34.4 Å². The van der Waals surface area contributed by atoms with Gasteiger partial charge in [0.2, 0.25) is 11.8 Å². The molecule has 4 rings (SSSR count). The maximum absolute atomic E-state index is 13.7. The molecule has 0 aliphatic heterocycles. The maximum atomic E-state index is 13.7. The Morgan fingerprint density at radius 3 is 2.23 bits per heavy atom. The molecule has 6 heteroatoms. The monoisotopic (exact) mass is 525 g/mol. The van der Waals surface area contributed by atoms with Crippen LogP contribution in [-0.2, 0) is 33.7 Å². The Kier molecular flexibility index (Phi) is 9.20. The van der Waals surface area contributed by atoms with E-state index in [1.807, 2.05) is 60.7 Å². The second-order valence-electron chi connectivity index (χ2n) is 10.2. The first-order valence-corrected chi connectivity index (χ1v) is 13.5. The van der Waals surface area contributed by atoms with Crippen molar-refractivity contribution in [2.75, 3.05) is 25.7 Å². The number of benzene rings is 3. The summed E-state index contributed by atoms with van der Waals surface area (Å²) in [4.78, 5) is 28.9. The number of fused-ring (bicyclic) bond motifs is 1. The lowest BCUT2D eigenvalue weighted by molar-refractivity contribution is -0.127. The van der Waals surface area contributed by atoms with Crippen LogP contribution in [0.4, 0.5) is 5.69 Å². The molecule has 0 radical (unpaired) electrons. The molecule has 1 heterocycles. The van der Waals surface area contributed by atoms with Gasteiger partial charge < -0.3 is 19.5 Å². The van der Waals surface area contributed by atoms with Crippen LogP contribution in [0.2, 0.25) is 0 Å². The molecule has 0 bridgehead atoms. The summed E-state index contributed by atoms with van der Waals surface area (Å²) in [6, 6.07) is 22.9. The molecule has 4 aromatic rings. The molecule has 1 atom stereocenters. The van der Waals surface area contributed by atoms with Crippen molar-refractivity contribution in [3.63, 3.8) is 0 Å². The normalized spacial score (nSPS) is 11.9. The zero-order valence-electron chi connectivity index (χ0n) is 23.7. The lowest BCUT2D eigenvalue weighted by Crippen LogP contribution is -2.49. The molecule has 2 amide bonds. The van der Waals surface area contributed by atoms with E-state index >= 15 is 0 Å². The molecule has 0 saturated heterocycles. The third-order valence-corrected chi connectivity index (χ3v) is 7.46. The summed E-state index contributed by atoms with van der Waals surface area (Å²) in [5, 5.41) is 4.22.